The second kappa shape index (κ2) is 7.63. The summed E-state index contributed by atoms with van der Waals surface area (Å²) in [5.41, 5.74) is 1.81. The highest BCUT2D eigenvalue weighted by Crippen LogP contribution is 2.36. The van der Waals surface area contributed by atoms with Crippen LogP contribution in [-0.2, 0) is 23.8 Å². The van der Waals surface area contributed by atoms with Gasteiger partial charge in [0.1, 0.15) is 16.7 Å². The van der Waals surface area contributed by atoms with E-state index < -0.39 is 34.4 Å². The fraction of sp³-hybridized carbons (Fsp3) is 0.474. The average Bonchev–Trinajstić information content (AvgIpc) is 3.21. The van der Waals surface area contributed by atoms with Gasteiger partial charge in [-0.2, -0.15) is 18.3 Å². The highest BCUT2D eigenvalue weighted by Gasteiger charge is 2.39. The molecule has 31 heavy (non-hydrogen) atoms. The van der Waals surface area contributed by atoms with Crippen molar-refractivity contribution < 1.29 is 18.0 Å². The average molecular weight is 474 g/mol. The van der Waals surface area contributed by atoms with Crippen molar-refractivity contribution in [3.63, 3.8) is 0 Å². The van der Waals surface area contributed by atoms with Crippen LogP contribution in [0.25, 0.3) is 10.2 Å². The van der Waals surface area contributed by atoms with Gasteiger partial charge < -0.3 is 0 Å². The summed E-state index contributed by atoms with van der Waals surface area (Å²) in [6.45, 7) is 4.31. The summed E-state index contributed by atoms with van der Waals surface area (Å²) in [4.78, 5) is 32.2. The number of carbonyl (C=O) groups is 1. The van der Waals surface area contributed by atoms with Gasteiger partial charge in [0.05, 0.1) is 16.1 Å². The van der Waals surface area contributed by atoms with Crippen molar-refractivity contribution in [1.29, 1.82) is 0 Å². The van der Waals surface area contributed by atoms with E-state index in [2.05, 4.69) is 15.5 Å². The van der Waals surface area contributed by atoms with Crippen LogP contribution in [0.4, 0.5) is 13.2 Å². The maximum absolute atomic E-state index is 13.2. The summed E-state index contributed by atoms with van der Waals surface area (Å²) < 4.78 is 41.3. The first-order chi connectivity index (χ1) is 14.5. The van der Waals surface area contributed by atoms with Gasteiger partial charge in [-0.15, -0.1) is 11.3 Å². The zero-order valence-corrected chi connectivity index (χ0v) is 18.5. The first-order valence-corrected chi connectivity index (χ1v) is 10.9. The third-order valence-corrected chi connectivity index (χ3v) is 7.11. The Hall–Kier alpha value is -2.40. The van der Waals surface area contributed by atoms with E-state index in [1.54, 1.807) is 6.92 Å². The van der Waals surface area contributed by atoms with Gasteiger partial charge in [0.25, 0.3) is 11.5 Å². The van der Waals surface area contributed by atoms with Crippen LogP contribution < -0.4 is 11.0 Å². The van der Waals surface area contributed by atoms with Crippen LogP contribution in [0, 0.1) is 13.8 Å². The molecular formula is C19H19ClF3N5O2S. The summed E-state index contributed by atoms with van der Waals surface area (Å²) in [6, 6.07) is -1.15. The van der Waals surface area contributed by atoms with E-state index in [0.717, 1.165) is 45.5 Å². The quantitative estimate of drug-likeness (QED) is 0.619. The molecule has 166 valence electrons. The van der Waals surface area contributed by atoms with Gasteiger partial charge in [0.15, 0.2) is 5.69 Å². The molecule has 0 spiro atoms. The standard InChI is InChI=1S/C19H19ClF3N5O2S/c1-8-14(20)15(19(21,22)23)25-27(8)9(2)16(29)26-28-10(3)24-17-13(18(28)30)11-6-4-5-7-12(11)31-17/h9H,4-7H2,1-3H3,(H,26,29). The maximum atomic E-state index is 13.2. The molecule has 1 unspecified atom stereocenters. The Morgan fingerprint density at radius 2 is 1.94 bits per heavy atom. The number of hydrogen-bond donors (Lipinski definition) is 1. The van der Waals surface area contributed by atoms with Crippen LogP contribution in [0.1, 0.15) is 53.5 Å². The molecule has 0 aliphatic heterocycles. The summed E-state index contributed by atoms with van der Waals surface area (Å²) in [7, 11) is 0. The second-order valence-electron chi connectivity index (χ2n) is 7.53. The number of rotatable bonds is 3. The Labute approximate surface area is 183 Å². The Balaban J connectivity index is 1.70. The zero-order valence-electron chi connectivity index (χ0n) is 16.9. The predicted molar refractivity (Wildman–Crippen MR) is 111 cm³/mol. The molecule has 0 saturated heterocycles. The summed E-state index contributed by atoms with van der Waals surface area (Å²) in [6.07, 6.45) is -1.02. The Bertz CT molecular complexity index is 1260. The van der Waals surface area contributed by atoms with Crippen LogP contribution in [0.15, 0.2) is 4.79 Å². The molecular weight excluding hydrogens is 455 g/mol. The summed E-state index contributed by atoms with van der Waals surface area (Å²) in [5.74, 6) is -0.436. The predicted octanol–water partition coefficient (Wildman–Crippen LogP) is 4.15. The molecule has 3 aromatic heterocycles. The molecule has 4 rings (SSSR count). The minimum Gasteiger partial charge on any atom is -0.271 e. The van der Waals surface area contributed by atoms with Crippen LogP contribution in [0.5, 0.6) is 0 Å². The number of aryl methyl sites for hydroxylation is 3. The molecule has 0 saturated carbocycles. The molecule has 0 fully saturated rings. The molecule has 0 radical (unpaired) electrons. The Morgan fingerprint density at radius 1 is 1.26 bits per heavy atom. The topological polar surface area (TPSA) is 81.8 Å². The highest BCUT2D eigenvalue weighted by molar-refractivity contribution is 7.18. The Kier molecular flexibility index (Phi) is 5.37. The van der Waals surface area contributed by atoms with Crippen molar-refractivity contribution in [3.8, 4) is 0 Å². The van der Waals surface area contributed by atoms with Crippen molar-refractivity contribution in [3.05, 3.63) is 43.0 Å². The molecule has 3 aromatic rings. The third kappa shape index (κ3) is 3.63. The fourth-order valence-corrected chi connectivity index (χ4v) is 5.34. The lowest BCUT2D eigenvalue weighted by molar-refractivity contribution is -0.141. The van der Waals surface area contributed by atoms with E-state index in [1.807, 2.05) is 0 Å². The monoisotopic (exact) mass is 473 g/mol. The lowest BCUT2D eigenvalue weighted by Gasteiger charge is -2.17. The number of aromatic nitrogens is 4. The van der Waals surface area contributed by atoms with Gasteiger partial charge in [0.2, 0.25) is 0 Å². The molecule has 3 heterocycles. The minimum atomic E-state index is -4.75. The van der Waals surface area contributed by atoms with Gasteiger partial charge in [-0.25, -0.2) is 9.66 Å². The van der Waals surface area contributed by atoms with E-state index in [9.17, 15) is 22.8 Å². The molecule has 1 atom stereocenters. The molecule has 7 nitrogen and oxygen atoms in total. The second-order valence-corrected chi connectivity index (χ2v) is 8.99. The fourth-order valence-electron chi connectivity index (χ4n) is 3.81. The van der Waals surface area contributed by atoms with Crippen molar-refractivity contribution >= 4 is 39.1 Å². The van der Waals surface area contributed by atoms with Gasteiger partial charge >= 0.3 is 6.18 Å². The zero-order chi connectivity index (χ0) is 22.7. The number of carbonyl (C=O) groups excluding carboxylic acids is 1. The number of thiophene rings is 1. The molecule has 12 heteroatoms. The van der Waals surface area contributed by atoms with Crippen molar-refractivity contribution in [2.24, 2.45) is 0 Å². The van der Waals surface area contributed by atoms with Gasteiger partial charge in [-0.05, 0) is 52.0 Å². The third-order valence-electron chi connectivity index (χ3n) is 5.47. The number of alkyl halides is 3. The van der Waals surface area contributed by atoms with Crippen molar-refractivity contribution in [1.82, 2.24) is 19.4 Å². The van der Waals surface area contributed by atoms with Gasteiger partial charge in [-0.3, -0.25) is 19.7 Å². The molecule has 1 N–H and O–H groups in total. The van der Waals surface area contributed by atoms with E-state index in [0.29, 0.717) is 10.2 Å². The number of nitrogens with one attached hydrogen (secondary N) is 1. The number of halogens is 4. The van der Waals surface area contributed by atoms with Crippen LogP contribution >= 0.6 is 22.9 Å². The normalized spacial score (nSPS) is 15.2. The number of nitrogens with zero attached hydrogens (tertiary/aromatic N) is 4. The van der Waals surface area contributed by atoms with Crippen LogP contribution in [0.3, 0.4) is 0 Å². The van der Waals surface area contributed by atoms with Crippen molar-refractivity contribution in [2.75, 3.05) is 5.43 Å². The van der Waals surface area contributed by atoms with E-state index >= 15 is 0 Å². The van der Waals surface area contributed by atoms with Crippen molar-refractivity contribution in [2.45, 2.75) is 58.7 Å². The molecule has 1 aliphatic rings. The van der Waals surface area contributed by atoms with E-state index in [4.69, 9.17) is 11.6 Å². The number of fused-ring (bicyclic) bond motifs is 3. The smallest absolute Gasteiger partial charge is 0.271 e. The largest absolute Gasteiger partial charge is 0.436 e. The molecule has 0 bridgehead atoms. The summed E-state index contributed by atoms with van der Waals surface area (Å²) in [5, 5.41) is 3.42. The van der Waals surface area contributed by atoms with Crippen LogP contribution in [0.2, 0.25) is 5.02 Å². The SMILES string of the molecule is Cc1c(Cl)c(C(F)(F)F)nn1C(C)C(=O)Nn1c(C)nc2sc3c(c2c1=O)CCCC3. The molecule has 1 aliphatic carbocycles. The Morgan fingerprint density at radius 3 is 2.58 bits per heavy atom. The van der Waals surface area contributed by atoms with Gasteiger partial charge in [0, 0.05) is 4.88 Å². The van der Waals surface area contributed by atoms with Gasteiger partial charge in [-0.1, -0.05) is 11.6 Å². The number of hydrogen-bond acceptors (Lipinski definition) is 5. The minimum absolute atomic E-state index is 0.00110. The highest BCUT2D eigenvalue weighted by atomic mass is 35.5. The first-order valence-electron chi connectivity index (χ1n) is 9.67. The molecule has 0 aromatic carbocycles. The maximum Gasteiger partial charge on any atom is 0.436 e. The molecule has 1 amide bonds. The lowest BCUT2D eigenvalue weighted by Crippen LogP contribution is -2.39. The first kappa shape index (κ1) is 21.8. The van der Waals surface area contributed by atoms with E-state index in [1.165, 1.54) is 25.2 Å². The summed E-state index contributed by atoms with van der Waals surface area (Å²) >= 11 is 7.27. The number of amides is 1. The van der Waals surface area contributed by atoms with Crippen LogP contribution in [-0.4, -0.2) is 25.3 Å². The lowest BCUT2D eigenvalue weighted by atomic mass is 9.97. The van der Waals surface area contributed by atoms with E-state index in [-0.39, 0.29) is 11.5 Å².